The molecule has 0 aromatic carbocycles. The van der Waals surface area contributed by atoms with Gasteiger partial charge in [0.1, 0.15) is 0 Å². The molecule has 1 unspecified atom stereocenters. The molecule has 0 aliphatic carbocycles. The lowest BCUT2D eigenvalue weighted by Gasteiger charge is -2.11. The number of ether oxygens (including phenoxy) is 1. The van der Waals surface area contributed by atoms with Gasteiger partial charge in [-0.05, 0) is 0 Å². The van der Waals surface area contributed by atoms with Crippen LogP contribution in [0.4, 0.5) is 0 Å². The largest absolute Gasteiger partial charge is 0.396 e. The first-order valence-corrected chi connectivity index (χ1v) is 4.82. The lowest BCUT2D eigenvalue weighted by Crippen LogP contribution is -2.25. The van der Waals surface area contributed by atoms with Crippen molar-refractivity contribution in [1.82, 2.24) is 0 Å². The maximum atomic E-state index is 10.5. The lowest BCUT2D eigenvalue weighted by molar-refractivity contribution is 0.100. The molecular weight excluding hydrogens is 184 g/mol. The highest BCUT2D eigenvalue weighted by molar-refractivity contribution is 7.86. The minimum absolute atomic E-state index is 0.0183. The van der Waals surface area contributed by atoms with E-state index in [0.29, 0.717) is 0 Å². The Morgan fingerprint density at radius 1 is 1.58 bits per heavy atom. The summed E-state index contributed by atoms with van der Waals surface area (Å²) in [7, 11) is -4.23. The van der Waals surface area contributed by atoms with Crippen LogP contribution in [0, 0.1) is 0 Å². The molecule has 0 fully saturated rings. The second kappa shape index (κ2) is 5.26. The Bertz CT molecular complexity index is 220. The van der Waals surface area contributed by atoms with E-state index in [1.807, 2.05) is 0 Å². The lowest BCUT2D eigenvalue weighted by atomic mass is 10.5. The Labute approximate surface area is 71.4 Å². The number of hydrogen-bond acceptors (Lipinski definition) is 4. The predicted molar refractivity (Wildman–Crippen MR) is 43.2 cm³/mol. The fourth-order valence-electron chi connectivity index (χ4n) is 0.599. The molecule has 0 bridgehead atoms. The molecule has 5 nitrogen and oxygen atoms in total. The third-order valence-electron chi connectivity index (χ3n) is 1.10. The number of aliphatic hydroxyl groups excluding tert-OH is 1. The Balaban J connectivity index is 4.13. The van der Waals surface area contributed by atoms with E-state index in [4.69, 9.17) is 9.66 Å². The Hall–Kier alpha value is -0.430. The Kier molecular flexibility index (Phi) is 5.07. The molecule has 72 valence electrons. The standard InChI is InChI=1S/C6H12O5S/c1-2-5-11-6(3-4-7)12(8,9)10/h2,6-7H,1,3-5H2,(H,8,9,10). The summed E-state index contributed by atoms with van der Waals surface area (Å²) in [6.07, 6.45) is 1.21. The molecule has 0 rings (SSSR count). The average Bonchev–Trinajstić information content (AvgIpc) is 1.95. The van der Waals surface area contributed by atoms with Gasteiger partial charge in [0, 0.05) is 13.0 Å². The minimum atomic E-state index is -4.23. The van der Waals surface area contributed by atoms with Gasteiger partial charge in [-0.1, -0.05) is 6.08 Å². The first kappa shape index (κ1) is 11.6. The maximum absolute atomic E-state index is 10.5. The van der Waals surface area contributed by atoms with Crippen molar-refractivity contribution in [1.29, 1.82) is 0 Å². The van der Waals surface area contributed by atoms with E-state index in [1.54, 1.807) is 0 Å². The van der Waals surface area contributed by atoms with Crippen LogP contribution in [-0.2, 0) is 14.9 Å². The van der Waals surface area contributed by atoms with Gasteiger partial charge in [0.25, 0.3) is 10.1 Å². The summed E-state index contributed by atoms with van der Waals surface area (Å²) in [4.78, 5) is 0. The van der Waals surface area contributed by atoms with Crippen molar-refractivity contribution in [3.8, 4) is 0 Å². The van der Waals surface area contributed by atoms with Crippen LogP contribution in [0.15, 0.2) is 12.7 Å². The molecule has 2 N–H and O–H groups in total. The van der Waals surface area contributed by atoms with E-state index in [2.05, 4.69) is 11.3 Å². The van der Waals surface area contributed by atoms with Crippen molar-refractivity contribution in [3.05, 3.63) is 12.7 Å². The molecule has 0 amide bonds. The smallest absolute Gasteiger partial charge is 0.292 e. The van der Waals surface area contributed by atoms with Crippen molar-refractivity contribution >= 4 is 10.1 Å². The van der Waals surface area contributed by atoms with Crippen molar-refractivity contribution in [2.45, 2.75) is 11.9 Å². The monoisotopic (exact) mass is 196 g/mol. The van der Waals surface area contributed by atoms with Gasteiger partial charge in [-0.15, -0.1) is 6.58 Å². The third kappa shape index (κ3) is 4.45. The van der Waals surface area contributed by atoms with Gasteiger partial charge in [0.05, 0.1) is 6.61 Å². The van der Waals surface area contributed by atoms with E-state index >= 15 is 0 Å². The van der Waals surface area contributed by atoms with Crippen LogP contribution in [0.2, 0.25) is 0 Å². The van der Waals surface area contributed by atoms with Gasteiger partial charge in [-0.3, -0.25) is 4.55 Å². The summed E-state index contributed by atoms with van der Waals surface area (Å²) in [6, 6.07) is 0. The van der Waals surface area contributed by atoms with E-state index < -0.39 is 15.6 Å². The van der Waals surface area contributed by atoms with Gasteiger partial charge in [-0.25, -0.2) is 0 Å². The van der Waals surface area contributed by atoms with Crippen LogP contribution >= 0.6 is 0 Å². The number of aliphatic hydroxyl groups is 1. The van der Waals surface area contributed by atoms with Gasteiger partial charge in [0.2, 0.25) is 0 Å². The zero-order chi connectivity index (χ0) is 9.61. The second-order valence-corrected chi connectivity index (χ2v) is 3.63. The highest BCUT2D eigenvalue weighted by Gasteiger charge is 2.22. The molecule has 0 aromatic rings. The quantitative estimate of drug-likeness (QED) is 0.453. The number of hydrogen-bond donors (Lipinski definition) is 2. The zero-order valence-electron chi connectivity index (χ0n) is 6.51. The fourth-order valence-corrected chi connectivity index (χ4v) is 1.25. The van der Waals surface area contributed by atoms with Crippen molar-refractivity contribution in [3.63, 3.8) is 0 Å². The zero-order valence-corrected chi connectivity index (χ0v) is 7.33. The first-order valence-electron chi connectivity index (χ1n) is 3.32. The topological polar surface area (TPSA) is 83.8 Å². The second-order valence-electron chi connectivity index (χ2n) is 2.08. The molecule has 0 saturated carbocycles. The van der Waals surface area contributed by atoms with Gasteiger partial charge >= 0.3 is 0 Å². The molecule has 0 heterocycles. The van der Waals surface area contributed by atoms with Crippen LogP contribution in [-0.4, -0.2) is 36.7 Å². The SMILES string of the molecule is C=CCOC(CCO)S(=O)(=O)O. The van der Waals surface area contributed by atoms with E-state index in [1.165, 1.54) is 6.08 Å². The minimum Gasteiger partial charge on any atom is -0.396 e. The summed E-state index contributed by atoms with van der Waals surface area (Å²) >= 11 is 0. The average molecular weight is 196 g/mol. The van der Waals surface area contributed by atoms with Crippen molar-refractivity contribution < 1.29 is 22.8 Å². The van der Waals surface area contributed by atoms with Crippen LogP contribution in [0.5, 0.6) is 0 Å². The number of rotatable bonds is 6. The van der Waals surface area contributed by atoms with Gasteiger partial charge in [0.15, 0.2) is 5.44 Å². The summed E-state index contributed by atoms with van der Waals surface area (Å²) in [5, 5.41) is 8.42. The van der Waals surface area contributed by atoms with Crippen molar-refractivity contribution in [2.75, 3.05) is 13.2 Å². The highest BCUT2D eigenvalue weighted by Crippen LogP contribution is 2.05. The molecule has 6 heteroatoms. The van der Waals surface area contributed by atoms with Crippen LogP contribution in [0.25, 0.3) is 0 Å². The molecule has 0 saturated heterocycles. The highest BCUT2D eigenvalue weighted by atomic mass is 32.2. The fraction of sp³-hybridized carbons (Fsp3) is 0.667. The predicted octanol–water partition coefficient (Wildman–Crippen LogP) is -0.215. The van der Waals surface area contributed by atoms with Crippen molar-refractivity contribution in [2.24, 2.45) is 0 Å². The van der Waals surface area contributed by atoms with Crippen LogP contribution in [0.1, 0.15) is 6.42 Å². The summed E-state index contributed by atoms with van der Waals surface area (Å²) in [6.45, 7) is 2.97. The maximum Gasteiger partial charge on any atom is 0.292 e. The normalized spacial score (nSPS) is 14.2. The van der Waals surface area contributed by atoms with E-state index in [9.17, 15) is 8.42 Å². The molecule has 0 aliphatic rings. The Morgan fingerprint density at radius 3 is 2.50 bits per heavy atom. The van der Waals surface area contributed by atoms with Gasteiger partial charge in [-0.2, -0.15) is 8.42 Å². The summed E-state index contributed by atoms with van der Waals surface area (Å²) in [5.74, 6) is 0. The molecule has 0 spiro atoms. The molecule has 12 heavy (non-hydrogen) atoms. The van der Waals surface area contributed by atoms with Crippen LogP contribution in [0.3, 0.4) is 0 Å². The third-order valence-corrected chi connectivity index (χ3v) is 2.13. The summed E-state index contributed by atoms with van der Waals surface area (Å²) < 4.78 is 34.2. The molecule has 0 radical (unpaired) electrons. The molecule has 0 aliphatic heterocycles. The van der Waals surface area contributed by atoms with E-state index in [-0.39, 0.29) is 19.6 Å². The summed E-state index contributed by atoms with van der Waals surface area (Å²) in [5.41, 5.74) is -1.36. The first-order chi connectivity index (χ1) is 5.52. The molecular formula is C6H12O5S. The molecule has 0 aromatic heterocycles. The van der Waals surface area contributed by atoms with Gasteiger partial charge < -0.3 is 9.84 Å². The van der Waals surface area contributed by atoms with Crippen LogP contribution < -0.4 is 0 Å². The molecule has 1 atom stereocenters. The van der Waals surface area contributed by atoms with E-state index in [0.717, 1.165) is 0 Å². The Morgan fingerprint density at radius 2 is 2.17 bits per heavy atom.